The van der Waals surface area contributed by atoms with Crippen molar-refractivity contribution in [3.05, 3.63) is 35.9 Å². The summed E-state index contributed by atoms with van der Waals surface area (Å²) in [6.07, 6.45) is 2.72. The second kappa shape index (κ2) is 5.32. The van der Waals surface area contributed by atoms with Gasteiger partial charge in [-0.05, 0) is 25.3 Å². The summed E-state index contributed by atoms with van der Waals surface area (Å²) in [5.74, 6) is 0.186. The number of rotatable bonds is 5. The van der Waals surface area contributed by atoms with Crippen LogP contribution in [0, 0.1) is 0 Å². The van der Waals surface area contributed by atoms with E-state index in [-0.39, 0.29) is 11.9 Å². The zero-order chi connectivity index (χ0) is 12.3. The molecule has 2 rings (SSSR count). The van der Waals surface area contributed by atoms with Crippen LogP contribution in [-0.2, 0) is 4.79 Å². The molecular formula is C14H20N2O. The number of hydrogen-bond acceptors (Lipinski definition) is 2. The normalized spacial score (nSPS) is 16.6. The van der Waals surface area contributed by atoms with Gasteiger partial charge in [-0.3, -0.25) is 4.79 Å². The molecule has 1 atom stereocenters. The van der Waals surface area contributed by atoms with E-state index in [9.17, 15) is 4.79 Å². The molecule has 0 radical (unpaired) electrons. The predicted molar refractivity (Wildman–Crippen MR) is 68.4 cm³/mol. The molecule has 1 aromatic carbocycles. The standard InChI is InChI=1S/C14H20N2O/c1-2-16(12-8-9-12)14(17)10-13(15)11-6-4-3-5-7-11/h3-7,12-13H,2,8-10,15H2,1H3. The van der Waals surface area contributed by atoms with Gasteiger partial charge in [0.2, 0.25) is 5.91 Å². The number of carbonyl (C=O) groups excluding carboxylic acids is 1. The topological polar surface area (TPSA) is 46.3 Å². The lowest BCUT2D eigenvalue weighted by Gasteiger charge is -2.22. The van der Waals surface area contributed by atoms with E-state index >= 15 is 0 Å². The van der Waals surface area contributed by atoms with Crippen LogP contribution in [-0.4, -0.2) is 23.4 Å². The van der Waals surface area contributed by atoms with Crippen molar-refractivity contribution in [1.29, 1.82) is 0 Å². The predicted octanol–water partition coefficient (Wildman–Crippen LogP) is 2.09. The van der Waals surface area contributed by atoms with Crippen molar-refractivity contribution in [2.45, 2.75) is 38.3 Å². The fraction of sp³-hybridized carbons (Fsp3) is 0.500. The number of nitrogens with zero attached hydrogens (tertiary/aromatic N) is 1. The Hall–Kier alpha value is -1.35. The van der Waals surface area contributed by atoms with Gasteiger partial charge < -0.3 is 10.6 Å². The molecule has 1 aliphatic carbocycles. The quantitative estimate of drug-likeness (QED) is 0.845. The Kier molecular flexibility index (Phi) is 3.79. The van der Waals surface area contributed by atoms with Crippen LogP contribution >= 0.6 is 0 Å². The van der Waals surface area contributed by atoms with Gasteiger partial charge in [0.15, 0.2) is 0 Å². The van der Waals surface area contributed by atoms with E-state index < -0.39 is 0 Å². The molecule has 1 aliphatic rings. The first-order chi connectivity index (χ1) is 8.22. The monoisotopic (exact) mass is 232 g/mol. The van der Waals surface area contributed by atoms with Gasteiger partial charge in [-0.25, -0.2) is 0 Å². The highest BCUT2D eigenvalue weighted by molar-refractivity contribution is 5.77. The van der Waals surface area contributed by atoms with Gasteiger partial charge in [-0.15, -0.1) is 0 Å². The Morgan fingerprint density at radius 3 is 2.59 bits per heavy atom. The Labute approximate surface area is 103 Å². The summed E-state index contributed by atoms with van der Waals surface area (Å²) in [4.78, 5) is 14.0. The van der Waals surface area contributed by atoms with Gasteiger partial charge in [0, 0.05) is 25.0 Å². The van der Waals surface area contributed by atoms with Gasteiger partial charge in [0.25, 0.3) is 0 Å². The zero-order valence-electron chi connectivity index (χ0n) is 10.3. The maximum absolute atomic E-state index is 12.1. The number of benzene rings is 1. The minimum atomic E-state index is -0.184. The van der Waals surface area contributed by atoms with E-state index in [2.05, 4.69) is 0 Å². The highest BCUT2D eigenvalue weighted by Crippen LogP contribution is 2.28. The Balaban J connectivity index is 1.93. The average Bonchev–Trinajstić information content (AvgIpc) is 3.15. The van der Waals surface area contributed by atoms with Gasteiger partial charge in [-0.1, -0.05) is 30.3 Å². The Morgan fingerprint density at radius 1 is 1.41 bits per heavy atom. The van der Waals surface area contributed by atoms with Crippen LogP contribution in [0.5, 0.6) is 0 Å². The first-order valence-electron chi connectivity index (χ1n) is 6.32. The van der Waals surface area contributed by atoms with Crippen molar-refractivity contribution in [3.8, 4) is 0 Å². The van der Waals surface area contributed by atoms with Crippen LogP contribution in [0.1, 0.15) is 37.8 Å². The third-order valence-corrected chi connectivity index (χ3v) is 3.27. The lowest BCUT2D eigenvalue weighted by molar-refractivity contribution is -0.131. The highest BCUT2D eigenvalue weighted by atomic mass is 16.2. The molecule has 2 N–H and O–H groups in total. The minimum Gasteiger partial charge on any atom is -0.340 e. The summed E-state index contributed by atoms with van der Waals surface area (Å²) in [5.41, 5.74) is 7.10. The van der Waals surface area contributed by atoms with Crippen LogP contribution in [0.2, 0.25) is 0 Å². The lowest BCUT2D eigenvalue weighted by atomic mass is 10.0. The molecule has 0 aliphatic heterocycles. The van der Waals surface area contributed by atoms with E-state index in [1.165, 1.54) is 0 Å². The summed E-state index contributed by atoms with van der Waals surface area (Å²) < 4.78 is 0. The summed E-state index contributed by atoms with van der Waals surface area (Å²) in [6, 6.07) is 10.1. The molecule has 3 nitrogen and oxygen atoms in total. The van der Waals surface area contributed by atoms with Crippen molar-refractivity contribution in [2.24, 2.45) is 5.73 Å². The molecule has 1 fully saturated rings. The minimum absolute atomic E-state index is 0.184. The summed E-state index contributed by atoms with van der Waals surface area (Å²) in [7, 11) is 0. The van der Waals surface area contributed by atoms with Crippen molar-refractivity contribution >= 4 is 5.91 Å². The van der Waals surface area contributed by atoms with Crippen LogP contribution in [0.15, 0.2) is 30.3 Å². The van der Waals surface area contributed by atoms with Crippen molar-refractivity contribution < 1.29 is 4.79 Å². The molecule has 3 heteroatoms. The SMILES string of the molecule is CCN(C(=O)CC(N)c1ccccc1)C1CC1. The van der Waals surface area contributed by atoms with E-state index in [0.29, 0.717) is 12.5 Å². The molecular weight excluding hydrogens is 212 g/mol. The largest absolute Gasteiger partial charge is 0.340 e. The average molecular weight is 232 g/mol. The molecule has 0 bridgehead atoms. The van der Waals surface area contributed by atoms with E-state index in [0.717, 1.165) is 24.9 Å². The van der Waals surface area contributed by atoms with Gasteiger partial charge >= 0.3 is 0 Å². The second-order valence-electron chi connectivity index (χ2n) is 4.63. The lowest BCUT2D eigenvalue weighted by Crippen LogP contribution is -2.34. The third kappa shape index (κ3) is 3.07. The molecule has 0 heterocycles. The van der Waals surface area contributed by atoms with E-state index in [4.69, 9.17) is 5.73 Å². The Morgan fingerprint density at radius 2 is 2.06 bits per heavy atom. The van der Waals surface area contributed by atoms with Crippen molar-refractivity contribution in [1.82, 2.24) is 4.90 Å². The van der Waals surface area contributed by atoms with Gasteiger partial charge in [-0.2, -0.15) is 0 Å². The third-order valence-electron chi connectivity index (χ3n) is 3.27. The fourth-order valence-electron chi connectivity index (χ4n) is 2.15. The number of hydrogen-bond donors (Lipinski definition) is 1. The molecule has 0 saturated heterocycles. The van der Waals surface area contributed by atoms with Crippen LogP contribution < -0.4 is 5.73 Å². The summed E-state index contributed by atoms with van der Waals surface area (Å²) in [6.45, 7) is 2.83. The van der Waals surface area contributed by atoms with Crippen LogP contribution in [0.25, 0.3) is 0 Å². The van der Waals surface area contributed by atoms with Gasteiger partial charge in [0.1, 0.15) is 0 Å². The second-order valence-corrected chi connectivity index (χ2v) is 4.63. The summed E-state index contributed by atoms with van der Waals surface area (Å²) >= 11 is 0. The van der Waals surface area contributed by atoms with Gasteiger partial charge in [0.05, 0.1) is 0 Å². The maximum Gasteiger partial charge on any atom is 0.224 e. The van der Waals surface area contributed by atoms with Crippen LogP contribution in [0.3, 0.4) is 0 Å². The number of amides is 1. The van der Waals surface area contributed by atoms with Crippen molar-refractivity contribution in [2.75, 3.05) is 6.54 Å². The maximum atomic E-state index is 12.1. The molecule has 0 aromatic heterocycles. The molecule has 1 unspecified atom stereocenters. The van der Waals surface area contributed by atoms with E-state index in [1.807, 2.05) is 42.2 Å². The fourth-order valence-corrected chi connectivity index (χ4v) is 2.15. The molecule has 1 amide bonds. The smallest absolute Gasteiger partial charge is 0.224 e. The number of nitrogens with two attached hydrogens (primary N) is 1. The first kappa shape index (κ1) is 12.1. The zero-order valence-corrected chi connectivity index (χ0v) is 10.3. The molecule has 92 valence electrons. The first-order valence-corrected chi connectivity index (χ1v) is 6.32. The molecule has 1 aromatic rings. The van der Waals surface area contributed by atoms with Crippen molar-refractivity contribution in [3.63, 3.8) is 0 Å². The van der Waals surface area contributed by atoms with Crippen LogP contribution in [0.4, 0.5) is 0 Å². The molecule has 17 heavy (non-hydrogen) atoms. The summed E-state index contributed by atoms with van der Waals surface area (Å²) in [5, 5.41) is 0. The Bertz CT molecular complexity index is 373. The molecule has 0 spiro atoms. The molecule has 1 saturated carbocycles. The highest BCUT2D eigenvalue weighted by Gasteiger charge is 2.31. The number of carbonyl (C=O) groups is 1. The van der Waals surface area contributed by atoms with E-state index in [1.54, 1.807) is 0 Å².